The molecule has 7 heteroatoms. The second-order valence-corrected chi connectivity index (χ2v) is 3.52. The van der Waals surface area contributed by atoms with E-state index in [1.54, 1.807) is 0 Å². The molecule has 0 aliphatic carbocycles. The highest BCUT2D eigenvalue weighted by molar-refractivity contribution is 6.12. The van der Waals surface area contributed by atoms with Gasteiger partial charge < -0.3 is 0 Å². The maximum Gasteiger partial charge on any atom is 0.391 e. The van der Waals surface area contributed by atoms with Crippen molar-refractivity contribution in [2.75, 3.05) is 0 Å². The van der Waals surface area contributed by atoms with E-state index in [-0.39, 0.29) is 0 Å². The third kappa shape index (κ3) is 3.42. The molecule has 84 valence electrons. The fourth-order valence-corrected chi connectivity index (χ4v) is 1.03. The molecule has 0 heterocycles. The second kappa shape index (κ2) is 4.02. The first kappa shape index (κ1) is 13.6. The van der Waals surface area contributed by atoms with Crippen LogP contribution in [-0.4, -0.2) is 20.2 Å². The Morgan fingerprint density at radius 1 is 0.786 bits per heavy atom. The summed E-state index contributed by atoms with van der Waals surface area (Å²) in [5.41, 5.74) is 0. The summed E-state index contributed by atoms with van der Waals surface area (Å²) in [5.74, 6) is -5.35. The zero-order chi connectivity index (χ0) is 11.7. The Bertz CT molecular complexity index is 164. The van der Waals surface area contributed by atoms with Crippen LogP contribution in [0.1, 0.15) is 13.8 Å². The van der Waals surface area contributed by atoms with Crippen LogP contribution >= 0.6 is 0 Å². The summed E-state index contributed by atoms with van der Waals surface area (Å²) in [6.45, 7) is 1.54. The number of alkyl halides is 6. The summed E-state index contributed by atoms with van der Waals surface area (Å²) in [7, 11) is 0.969. The van der Waals surface area contributed by atoms with Crippen molar-refractivity contribution in [3.8, 4) is 0 Å². The highest BCUT2D eigenvalue weighted by Crippen LogP contribution is 2.43. The molecule has 0 fully saturated rings. The van der Waals surface area contributed by atoms with Gasteiger partial charge in [0.15, 0.2) is 0 Å². The number of hydrogen-bond acceptors (Lipinski definition) is 0. The van der Waals surface area contributed by atoms with Crippen LogP contribution < -0.4 is 0 Å². The fourth-order valence-electron chi connectivity index (χ4n) is 1.03. The molecule has 0 saturated carbocycles. The van der Waals surface area contributed by atoms with Gasteiger partial charge in [0, 0.05) is 11.8 Å². The molecule has 0 aromatic heterocycles. The van der Waals surface area contributed by atoms with E-state index in [2.05, 4.69) is 0 Å². The molecular formula is C7H11BF6. The van der Waals surface area contributed by atoms with Gasteiger partial charge in [-0.1, -0.05) is 13.8 Å². The van der Waals surface area contributed by atoms with E-state index in [1.165, 1.54) is 0 Å². The van der Waals surface area contributed by atoms with Gasteiger partial charge in [-0.15, -0.1) is 0 Å². The molecule has 14 heavy (non-hydrogen) atoms. The third-order valence-electron chi connectivity index (χ3n) is 2.61. The minimum Gasteiger partial charge on any atom is -0.171 e. The van der Waals surface area contributed by atoms with Crippen molar-refractivity contribution in [2.45, 2.75) is 32.0 Å². The molecule has 0 amide bonds. The SMILES string of the molecule is BC(C(C)C(F)(F)F)C(C)C(F)(F)F. The summed E-state index contributed by atoms with van der Waals surface area (Å²) in [4.78, 5) is 0. The Morgan fingerprint density at radius 2 is 1.00 bits per heavy atom. The minimum absolute atomic E-state index is 0.771. The standard InChI is InChI=1S/C7H11BF6/c1-3(6(9,10)11)5(8)4(2)7(12,13)14/h3-5H,8H2,1-2H3. The lowest BCUT2D eigenvalue weighted by molar-refractivity contribution is -0.203. The minimum atomic E-state index is -4.57. The van der Waals surface area contributed by atoms with Gasteiger partial charge in [0.1, 0.15) is 7.85 Å². The summed E-state index contributed by atoms with van der Waals surface area (Å²) in [6.07, 6.45) is -9.14. The van der Waals surface area contributed by atoms with Crippen LogP contribution in [0.5, 0.6) is 0 Å². The number of halogens is 6. The molecule has 0 aromatic rings. The van der Waals surface area contributed by atoms with E-state index in [0.717, 1.165) is 21.7 Å². The fraction of sp³-hybridized carbons (Fsp3) is 1.00. The lowest BCUT2D eigenvalue weighted by Crippen LogP contribution is -2.34. The van der Waals surface area contributed by atoms with Gasteiger partial charge in [-0.2, -0.15) is 26.3 Å². The van der Waals surface area contributed by atoms with E-state index >= 15 is 0 Å². The highest BCUT2D eigenvalue weighted by Gasteiger charge is 2.47. The predicted octanol–water partition coefficient (Wildman–Crippen LogP) is 2.80. The molecule has 0 rings (SSSR count). The van der Waals surface area contributed by atoms with Crippen molar-refractivity contribution >= 4 is 7.85 Å². The van der Waals surface area contributed by atoms with Crippen molar-refractivity contribution in [3.63, 3.8) is 0 Å². The quantitative estimate of drug-likeness (QED) is 0.495. The lowest BCUT2D eigenvalue weighted by atomic mass is 9.69. The van der Waals surface area contributed by atoms with E-state index in [4.69, 9.17) is 0 Å². The van der Waals surface area contributed by atoms with Crippen LogP contribution in [0.3, 0.4) is 0 Å². The maximum atomic E-state index is 12.1. The van der Waals surface area contributed by atoms with Gasteiger partial charge in [-0.3, -0.25) is 0 Å². The van der Waals surface area contributed by atoms with Crippen molar-refractivity contribution in [3.05, 3.63) is 0 Å². The molecule has 0 spiro atoms. The number of hydrogen-bond donors (Lipinski definition) is 0. The summed E-state index contributed by atoms with van der Waals surface area (Å²) < 4.78 is 72.5. The monoisotopic (exact) mass is 220 g/mol. The molecule has 0 nitrogen and oxygen atoms in total. The normalized spacial score (nSPS) is 20.3. The van der Waals surface area contributed by atoms with Gasteiger partial charge in [-0.25, -0.2) is 0 Å². The average Bonchev–Trinajstić information content (AvgIpc) is 1.97. The Morgan fingerprint density at radius 3 is 1.14 bits per heavy atom. The van der Waals surface area contributed by atoms with Crippen molar-refractivity contribution < 1.29 is 26.3 Å². The summed E-state index contributed by atoms with van der Waals surface area (Å²) in [5, 5.41) is 0. The van der Waals surface area contributed by atoms with E-state index in [1.807, 2.05) is 0 Å². The van der Waals surface area contributed by atoms with Crippen molar-refractivity contribution in [1.29, 1.82) is 0 Å². The van der Waals surface area contributed by atoms with Crippen LogP contribution in [0.2, 0.25) is 5.82 Å². The molecule has 0 radical (unpaired) electrons. The van der Waals surface area contributed by atoms with Crippen LogP contribution in [0.4, 0.5) is 26.3 Å². The first-order valence-electron chi connectivity index (χ1n) is 4.11. The zero-order valence-corrected chi connectivity index (χ0v) is 8.00. The van der Waals surface area contributed by atoms with Crippen LogP contribution in [-0.2, 0) is 0 Å². The molecule has 0 saturated heterocycles. The van der Waals surface area contributed by atoms with Crippen LogP contribution in [0.15, 0.2) is 0 Å². The van der Waals surface area contributed by atoms with Crippen LogP contribution in [0, 0.1) is 11.8 Å². The molecule has 2 atom stereocenters. The second-order valence-electron chi connectivity index (χ2n) is 3.52. The van der Waals surface area contributed by atoms with Gasteiger partial charge in [0.25, 0.3) is 0 Å². The Labute approximate surface area is 79.1 Å². The van der Waals surface area contributed by atoms with Gasteiger partial charge in [-0.05, 0) is 5.82 Å². The Hall–Kier alpha value is -0.355. The first-order chi connectivity index (χ1) is 5.98. The predicted molar refractivity (Wildman–Crippen MR) is 42.7 cm³/mol. The van der Waals surface area contributed by atoms with E-state index in [9.17, 15) is 26.3 Å². The van der Waals surface area contributed by atoms with Crippen molar-refractivity contribution in [2.24, 2.45) is 11.8 Å². The largest absolute Gasteiger partial charge is 0.391 e. The average molecular weight is 220 g/mol. The van der Waals surface area contributed by atoms with E-state index in [0.29, 0.717) is 0 Å². The smallest absolute Gasteiger partial charge is 0.171 e. The first-order valence-corrected chi connectivity index (χ1v) is 4.11. The van der Waals surface area contributed by atoms with Gasteiger partial charge in [0.2, 0.25) is 0 Å². The molecule has 0 aliphatic heterocycles. The molecular weight excluding hydrogens is 209 g/mol. The maximum absolute atomic E-state index is 12.1. The molecule has 0 aromatic carbocycles. The van der Waals surface area contributed by atoms with Gasteiger partial charge >= 0.3 is 12.4 Å². The lowest BCUT2D eigenvalue weighted by Gasteiger charge is -2.29. The molecule has 0 aliphatic rings. The molecule has 0 bridgehead atoms. The summed E-state index contributed by atoms with van der Waals surface area (Å²) >= 11 is 0. The van der Waals surface area contributed by atoms with E-state index < -0.39 is 30.0 Å². The Balaban J connectivity index is 4.56. The summed E-state index contributed by atoms with van der Waals surface area (Å²) in [6, 6.07) is 0. The van der Waals surface area contributed by atoms with Crippen molar-refractivity contribution in [1.82, 2.24) is 0 Å². The molecule has 2 unspecified atom stereocenters. The third-order valence-corrected chi connectivity index (χ3v) is 2.61. The van der Waals surface area contributed by atoms with Crippen LogP contribution in [0.25, 0.3) is 0 Å². The number of rotatable bonds is 2. The highest BCUT2D eigenvalue weighted by atomic mass is 19.4. The topological polar surface area (TPSA) is 0 Å². The zero-order valence-electron chi connectivity index (χ0n) is 8.00. The molecule has 0 N–H and O–H groups in total. The van der Waals surface area contributed by atoms with Gasteiger partial charge in [0.05, 0.1) is 0 Å². The Kier molecular flexibility index (Phi) is 3.92.